The lowest BCUT2D eigenvalue weighted by Gasteiger charge is -2.12. The summed E-state index contributed by atoms with van der Waals surface area (Å²) in [6, 6.07) is 11.9. The number of Topliss-reactive ketones (excluding diaryl/α,β-unsaturated/α-hetero) is 1. The van der Waals surface area contributed by atoms with Crippen molar-refractivity contribution in [2.75, 3.05) is 18.5 Å². The Balaban J connectivity index is 1.96. The summed E-state index contributed by atoms with van der Waals surface area (Å²) in [7, 11) is 0. The number of benzene rings is 2. The molecule has 7 heteroatoms. The number of carbonyl (C=O) groups is 3. The molecule has 34 heavy (non-hydrogen) atoms. The smallest absolute Gasteiger partial charge is 0.331 e. The Morgan fingerprint density at radius 1 is 0.941 bits per heavy atom. The molecule has 0 fully saturated rings. The lowest BCUT2D eigenvalue weighted by Crippen LogP contribution is -2.23. The van der Waals surface area contributed by atoms with E-state index in [1.54, 1.807) is 42.5 Å². The highest BCUT2D eigenvalue weighted by Crippen LogP contribution is 2.29. The Labute approximate surface area is 201 Å². The van der Waals surface area contributed by atoms with Crippen LogP contribution in [0.5, 0.6) is 11.5 Å². The van der Waals surface area contributed by atoms with E-state index in [4.69, 9.17) is 14.2 Å². The third kappa shape index (κ3) is 8.39. The molecule has 0 saturated carbocycles. The van der Waals surface area contributed by atoms with Gasteiger partial charge in [-0.05, 0) is 74.7 Å². The molecule has 2 aromatic carbocycles. The third-order valence-corrected chi connectivity index (χ3v) is 4.73. The van der Waals surface area contributed by atoms with Crippen molar-refractivity contribution in [3.63, 3.8) is 0 Å². The molecule has 0 aliphatic carbocycles. The fraction of sp³-hybridized carbons (Fsp3) is 0.370. The van der Waals surface area contributed by atoms with Gasteiger partial charge in [-0.2, -0.15) is 0 Å². The van der Waals surface area contributed by atoms with Crippen LogP contribution < -0.4 is 14.8 Å². The first-order chi connectivity index (χ1) is 16.4. The van der Waals surface area contributed by atoms with Crippen LogP contribution in [-0.4, -0.2) is 37.0 Å². The SMILES string of the molecule is CCCOc1ccc(/C=C/C(=O)O[C@H](C)C(=O)c2ccc(NC(=O)CCC)cc2)cc1OCC. The van der Waals surface area contributed by atoms with Crippen LogP contribution in [0.25, 0.3) is 6.08 Å². The van der Waals surface area contributed by atoms with Crippen LogP contribution in [0.1, 0.15) is 62.9 Å². The predicted octanol–water partition coefficient (Wildman–Crippen LogP) is 5.44. The zero-order chi connectivity index (χ0) is 24.9. The largest absolute Gasteiger partial charge is 0.490 e. The standard InChI is InChI=1S/C27H33NO6/c1-5-8-25(29)28-22-13-11-21(12-14-22)27(31)19(4)34-26(30)16-10-20-9-15-23(33-17-6-2)24(18-20)32-7-3/h9-16,18-19H,5-8,17H2,1-4H3,(H,28,29)/b16-10+/t19-/m1/s1. The average molecular weight is 468 g/mol. The minimum absolute atomic E-state index is 0.0767. The van der Waals surface area contributed by atoms with Gasteiger partial charge >= 0.3 is 5.97 Å². The minimum Gasteiger partial charge on any atom is -0.490 e. The Bertz CT molecular complexity index is 997. The molecular weight excluding hydrogens is 434 g/mol. The topological polar surface area (TPSA) is 90.9 Å². The summed E-state index contributed by atoms with van der Waals surface area (Å²) in [4.78, 5) is 36.5. The molecule has 0 aliphatic rings. The van der Waals surface area contributed by atoms with Crippen LogP contribution >= 0.6 is 0 Å². The number of amides is 1. The third-order valence-electron chi connectivity index (χ3n) is 4.73. The molecule has 0 saturated heterocycles. The van der Waals surface area contributed by atoms with E-state index in [0.717, 1.165) is 18.4 Å². The van der Waals surface area contributed by atoms with Crippen LogP contribution in [0.4, 0.5) is 5.69 Å². The van der Waals surface area contributed by atoms with Gasteiger partial charge in [-0.1, -0.05) is 19.9 Å². The van der Waals surface area contributed by atoms with Crippen molar-refractivity contribution in [1.82, 2.24) is 0 Å². The van der Waals surface area contributed by atoms with E-state index in [2.05, 4.69) is 5.32 Å². The van der Waals surface area contributed by atoms with Gasteiger partial charge in [0.05, 0.1) is 13.2 Å². The van der Waals surface area contributed by atoms with Gasteiger partial charge in [-0.25, -0.2) is 4.79 Å². The van der Waals surface area contributed by atoms with E-state index in [1.165, 1.54) is 13.0 Å². The maximum atomic E-state index is 12.6. The number of hydrogen-bond acceptors (Lipinski definition) is 6. The van der Waals surface area contributed by atoms with Gasteiger partial charge in [0, 0.05) is 23.7 Å². The van der Waals surface area contributed by atoms with E-state index in [0.29, 0.717) is 42.4 Å². The Kier molecular flexibility index (Phi) is 10.8. The highest BCUT2D eigenvalue weighted by Gasteiger charge is 2.18. The number of hydrogen-bond donors (Lipinski definition) is 1. The molecule has 7 nitrogen and oxygen atoms in total. The molecule has 182 valence electrons. The molecule has 2 aromatic rings. The molecule has 1 amide bonds. The highest BCUT2D eigenvalue weighted by molar-refractivity contribution is 6.01. The average Bonchev–Trinajstić information content (AvgIpc) is 2.82. The molecular formula is C27H33NO6. The number of anilines is 1. The fourth-order valence-corrected chi connectivity index (χ4v) is 3.06. The molecule has 1 N–H and O–H groups in total. The van der Waals surface area contributed by atoms with Crippen LogP contribution in [0, 0.1) is 0 Å². The fourth-order valence-electron chi connectivity index (χ4n) is 3.06. The quantitative estimate of drug-likeness (QED) is 0.240. The lowest BCUT2D eigenvalue weighted by atomic mass is 10.1. The second-order valence-electron chi connectivity index (χ2n) is 7.64. The van der Waals surface area contributed by atoms with E-state index in [9.17, 15) is 14.4 Å². The van der Waals surface area contributed by atoms with Crippen molar-refractivity contribution >= 4 is 29.4 Å². The van der Waals surface area contributed by atoms with Crippen LogP contribution in [0.15, 0.2) is 48.5 Å². The molecule has 0 spiro atoms. The number of nitrogens with one attached hydrogen (secondary N) is 1. The molecule has 0 bridgehead atoms. The first-order valence-electron chi connectivity index (χ1n) is 11.6. The summed E-state index contributed by atoms with van der Waals surface area (Å²) < 4.78 is 16.6. The number of ketones is 1. The van der Waals surface area contributed by atoms with Crippen molar-refractivity contribution < 1.29 is 28.6 Å². The Hall–Kier alpha value is -3.61. The lowest BCUT2D eigenvalue weighted by molar-refractivity contribution is -0.140. The summed E-state index contributed by atoms with van der Waals surface area (Å²) >= 11 is 0. The molecule has 0 aromatic heterocycles. The summed E-state index contributed by atoms with van der Waals surface area (Å²) in [5.41, 5.74) is 1.74. The van der Waals surface area contributed by atoms with Gasteiger partial charge in [0.2, 0.25) is 11.7 Å². The van der Waals surface area contributed by atoms with Gasteiger partial charge in [0.25, 0.3) is 0 Å². The molecule has 0 heterocycles. The Morgan fingerprint density at radius 2 is 1.68 bits per heavy atom. The van der Waals surface area contributed by atoms with Crippen LogP contribution in [0.2, 0.25) is 0 Å². The highest BCUT2D eigenvalue weighted by atomic mass is 16.5. The van der Waals surface area contributed by atoms with E-state index < -0.39 is 12.1 Å². The summed E-state index contributed by atoms with van der Waals surface area (Å²) in [5, 5.41) is 2.77. The predicted molar refractivity (Wildman–Crippen MR) is 132 cm³/mol. The monoisotopic (exact) mass is 467 g/mol. The van der Waals surface area contributed by atoms with Gasteiger partial charge in [0.15, 0.2) is 17.6 Å². The first kappa shape index (κ1) is 26.6. The zero-order valence-electron chi connectivity index (χ0n) is 20.3. The molecule has 0 aliphatic heterocycles. The minimum atomic E-state index is -0.957. The second-order valence-corrected chi connectivity index (χ2v) is 7.64. The normalized spacial score (nSPS) is 11.6. The number of esters is 1. The summed E-state index contributed by atoms with van der Waals surface area (Å²) in [5.74, 6) is 0.216. The van der Waals surface area contributed by atoms with E-state index in [1.807, 2.05) is 26.8 Å². The molecule has 1 atom stereocenters. The summed E-state index contributed by atoms with van der Waals surface area (Å²) in [6.07, 6.45) is 3.99. The molecule has 2 rings (SSSR count). The van der Waals surface area contributed by atoms with E-state index in [-0.39, 0.29) is 11.7 Å². The van der Waals surface area contributed by atoms with Gasteiger partial charge < -0.3 is 19.5 Å². The zero-order valence-corrected chi connectivity index (χ0v) is 20.3. The summed E-state index contributed by atoms with van der Waals surface area (Å²) in [6.45, 7) is 8.44. The maximum absolute atomic E-state index is 12.6. The number of ether oxygens (including phenoxy) is 3. The van der Waals surface area contributed by atoms with Crippen LogP contribution in [-0.2, 0) is 14.3 Å². The first-order valence-corrected chi connectivity index (χ1v) is 11.6. The number of rotatable bonds is 13. The van der Waals surface area contributed by atoms with Gasteiger partial charge in [-0.15, -0.1) is 0 Å². The van der Waals surface area contributed by atoms with Gasteiger partial charge in [0.1, 0.15) is 0 Å². The maximum Gasteiger partial charge on any atom is 0.331 e. The molecule has 0 radical (unpaired) electrons. The van der Waals surface area contributed by atoms with Crippen molar-refractivity contribution in [1.29, 1.82) is 0 Å². The van der Waals surface area contributed by atoms with Crippen molar-refractivity contribution in [3.8, 4) is 11.5 Å². The van der Waals surface area contributed by atoms with Crippen molar-refractivity contribution in [2.45, 2.75) is 53.1 Å². The van der Waals surface area contributed by atoms with Gasteiger partial charge in [-0.3, -0.25) is 9.59 Å². The van der Waals surface area contributed by atoms with Crippen molar-refractivity contribution in [2.24, 2.45) is 0 Å². The molecule has 0 unspecified atom stereocenters. The van der Waals surface area contributed by atoms with Crippen molar-refractivity contribution in [3.05, 3.63) is 59.7 Å². The second kappa shape index (κ2) is 13.8. The Morgan fingerprint density at radius 3 is 2.32 bits per heavy atom. The van der Waals surface area contributed by atoms with Crippen LogP contribution in [0.3, 0.4) is 0 Å². The van der Waals surface area contributed by atoms with E-state index >= 15 is 0 Å². The number of carbonyl (C=O) groups excluding carboxylic acids is 3.